The smallest absolute Gasteiger partial charge is 0.252 e. The van der Waals surface area contributed by atoms with E-state index in [0.29, 0.717) is 25.3 Å². The van der Waals surface area contributed by atoms with E-state index in [2.05, 4.69) is 10.6 Å². The Kier molecular flexibility index (Phi) is 7.13. The summed E-state index contributed by atoms with van der Waals surface area (Å²) >= 11 is 1.47. The number of ether oxygens (including phenoxy) is 1. The molecule has 1 aromatic heterocycles. The molecule has 2 amide bonds. The van der Waals surface area contributed by atoms with Gasteiger partial charge < -0.3 is 15.4 Å². The van der Waals surface area contributed by atoms with Gasteiger partial charge in [-0.2, -0.15) is 11.3 Å². The maximum atomic E-state index is 11.7. The summed E-state index contributed by atoms with van der Waals surface area (Å²) in [6.07, 6.45) is 1.01. The molecule has 0 saturated carbocycles. The molecule has 2 N–H and O–H groups in total. The van der Waals surface area contributed by atoms with E-state index < -0.39 is 0 Å². The van der Waals surface area contributed by atoms with Gasteiger partial charge in [-0.25, -0.2) is 0 Å². The first kappa shape index (κ1) is 17.0. The first-order valence-electron chi connectivity index (χ1n) is 7.50. The molecule has 0 unspecified atom stereocenters. The highest BCUT2D eigenvalue weighted by atomic mass is 32.1. The summed E-state index contributed by atoms with van der Waals surface area (Å²) in [6.45, 7) is 1.45. The van der Waals surface area contributed by atoms with Gasteiger partial charge in [0.2, 0.25) is 5.91 Å². The highest BCUT2D eigenvalue weighted by molar-refractivity contribution is 7.08. The first-order chi connectivity index (χ1) is 11.3. The van der Waals surface area contributed by atoms with Gasteiger partial charge in [0, 0.05) is 30.5 Å². The lowest BCUT2D eigenvalue weighted by Gasteiger charge is -2.08. The number of amides is 2. The lowest BCUT2D eigenvalue weighted by molar-refractivity contribution is -0.120. The maximum Gasteiger partial charge on any atom is 0.252 e. The van der Waals surface area contributed by atoms with E-state index in [1.807, 2.05) is 35.7 Å². The number of nitrogens with one attached hydrogen (secondary N) is 2. The Balaban J connectivity index is 1.49. The zero-order valence-electron chi connectivity index (χ0n) is 12.8. The summed E-state index contributed by atoms with van der Waals surface area (Å²) in [5.74, 6) is 0.612. The van der Waals surface area contributed by atoms with Gasteiger partial charge in [0.25, 0.3) is 5.91 Å². The van der Waals surface area contributed by atoms with Crippen LogP contribution in [-0.4, -0.2) is 31.5 Å². The normalized spacial score (nSPS) is 10.1. The molecule has 2 rings (SSSR count). The number of rotatable bonds is 9. The fourth-order valence-corrected chi connectivity index (χ4v) is 2.52. The quantitative estimate of drug-likeness (QED) is 0.693. The lowest BCUT2D eigenvalue weighted by Crippen LogP contribution is -2.31. The van der Waals surface area contributed by atoms with E-state index in [1.165, 1.54) is 11.3 Å². The third kappa shape index (κ3) is 6.52. The average molecular weight is 332 g/mol. The molecule has 0 atom stereocenters. The largest absolute Gasteiger partial charge is 0.494 e. The molecule has 2 aromatic rings. The van der Waals surface area contributed by atoms with Crippen molar-refractivity contribution in [3.05, 3.63) is 52.7 Å². The predicted molar refractivity (Wildman–Crippen MR) is 90.8 cm³/mol. The molecular weight excluding hydrogens is 312 g/mol. The number of benzene rings is 1. The van der Waals surface area contributed by atoms with Crippen LogP contribution in [0.5, 0.6) is 5.75 Å². The summed E-state index contributed by atoms with van der Waals surface area (Å²) in [4.78, 5) is 23.3. The third-order valence-electron chi connectivity index (χ3n) is 3.08. The Bertz CT molecular complexity index is 600. The molecule has 1 heterocycles. The molecule has 0 bridgehead atoms. The highest BCUT2D eigenvalue weighted by Gasteiger charge is 2.06. The van der Waals surface area contributed by atoms with E-state index >= 15 is 0 Å². The number of thiophene rings is 1. The molecule has 1 aromatic carbocycles. The Hall–Kier alpha value is -2.34. The Morgan fingerprint density at radius 3 is 2.61 bits per heavy atom. The second kappa shape index (κ2) is 9.63. The molecule has 0 fully saturated rings. The summed E-state index contributed by atoms with van der Waals surface area (Å²) in [5.41, 5.74) is 0.633. The van der Waals surface area contributed by atoms with Crippen LogP contribution in [0.1, 0.15) is 23.2 Å². The highest BCUT2D eigenvalue weighted by Crippen LogP contribution is 2.08. The molecule has 0 spiro atoms. The molecule has 122 valence electrons. The zero-order valence-corrected chi connectivity index (χ0v) is 13.6. The van der Waals surface area contributed by atoms with Crippen LogP contribution in [-0.2, 0) is 4.79 Å². The van der Waals surface area contributed by atoms with Crippen molar-refractivity contribution in [1.29, 1.82) is 0 Å². The number of carbonyl (C=O) groups is 2. The van der Waals surface area contributed by atoms with Crippen molar-refractivity contribution in [2.75, 3.05) is 19.7 Å². The molecular formula is C17H20N2O3S. The fraction of sp³-hybridized carbons (Fsp3) is 0.294. The summed E-state index contributed by atoms with van der Waals surface area (Å²) < 4.78 is 5.53. The van der Waals surface area contributed by atoms with Crippen molar-refractivity contribution in [2.24, 2.45) is 0 Å². The van der Waals surface area contributed by atoms with E-state index in [9.17, 15) is 9.59 Å². The van der Waals surface area contributed by atoms with Crippen molar-refractivity contribution in [2.45, 2.75) is 12.8 Å². The van der Waals surface area contributed by atoms with Gasteiger partial charge in [-0.15, -0.1) is 0 Å². The summed E-state index contributed by atoms with van der Waals surface area (Å²) in [7, 11) is 0. The maximum absolute atomic E-state index is 11.7. The van der Waals surface area contributed by atoms with Crippen molar-refractivity contribution >= 4 is 23.2 Å². The summed E-state index contributed by atoms with van der Waals surface area (Å²) in [6, 6.07) is 11.3. The topological polar surface area (TPSA) is 67.4 Å². The van der Waals surface area contributed by atoms with E-state index in [-0.39, 0.29) is 18.2 Å². The molecule has 0 aliphatic heterocycles. The minimum absolute atomic E-state index is 0.0738. The SMILES string of the molecule is O=C(CCNC(=O)c1ccsc1)NCCCOc1ccccc1. The number of hydrogen-bond acceptors (Lipinski definition) is 4. The Labute approximate surface area is 139 Å². The lowest BCUT2D eigenvalue weighted by atomic mass is 10.3. The van der Waals surface area contributed by atoms with Gasteiger partial charge in [-0.1, -0.05) is 18.2 Å². The van der Waals surface area contributed by atoms with E-state index in [1.54, 1.807) is 11.4 Å². The van der Waals surface area contributed by atoms with Gasteiger partial charge in [-0.3, -0.25) is 9.59 Å². The second-order valence-corrected chi connectivity index (χ2v) is 5.66. The van der Waals surface area contributed by atoms with Crippen LogP contribution in [0.25, 0.3) is 0 Å². The molecule has 6 heteroatoms. The van der Waals surface area contributed by atoms with Crippen molar-refractivity contribution in [1.82, 2.24) is 10.6 Å². The second-order valence-electron chi connectivity index (χ2n) is 4.88. The van der Waals surface area contributed by atoms with Crippen molar-refractivity contribution < 1.29 is 14.3 Å². The number of carbonyl (C=O) groups excluding carboxylic acids is 2. The van der Waals surface area contributed by atoms with Gasteiger partial charge in [-0.05, 0) is 30.0 Å². The minimum Gasteiger partial charge on any atom is -0.494 e. The molecule has 0 aliphatic rings. The van der Waals surface area contributed by atoms with Crippen LogP contribution >= 0.6 is 11.3 Å². The number of para-hydroxylation sites is 1. The fourth-order valence-electron chi connectivity index (χ4n) is 1.88. The van der Waals surface area contributed by atoms with E-state index in [4.69, 9.17) is 4.74 Å². The predicted octanol–water partition coefficient (Wildman–Crippen LogP) is 2.45. The average Bonchev–Trinajstić information content (AvgIpc) is 3.10. The van der Waals surface area contributed by atoms with Crippen LogP contribution in [0, 0.1) is 0 Å². The first-order valence-corrected chi connectivity index (χ1v) is 8.45. The van der Waals surface area contributed by atoms with Gasteiger partial charge in [0.1, 0.15) is 5.75 Å². The van der Waals surface area contributed by atoms with Crippen molar-refractivity contribution in [3.8, 4) is 5.75 Å². The Morgan fingerprint density at radius 2 is 1.87 bits per heavy atom. The number of hydrogen-bond donors (Lipinski definition) is 2. The zero-order chi connectivity index (χ0) is 16.3. The molecule has 5 nitrogen and oxygen atoms in total. The minimum atomic E-state index is -0.143. The summed E-state index contributed by atoms with van der Waals surface area (Å²) in [5, 5.41) is 9.16. The third-order valence-corrected chi connectivity index (χ3v) is 3.76. The van der Waals surface area contributed by atoms with E-state index in [0.717, 1.165) is 12.2 Å². The van der Waals surface area contributed by atoms with Crippen LogP contribution in [0.2, 0.25) is 0 Å². The Morgan fingerprint density at radius 1 is 1.04 bits per heavy atom. The van der Waals surface area contributed by atoms with Crippen LogP contribution in [0.15, 0.2) is 47.2 Å². The molecule has 23 heavy (non-hydrogen) atoms. The van der Waals surface area contributed by atoms with Crippen LogP contribution in [0.3, 0.4) is 0 Å². The standard InChI is InChI=1S/C17H20N2O3S/c20-16(7-10-19-17(21)14-8-12-23-13-14)18-9-4-11-22-15-5-2-1-3-6-15/h1-3,5-6,8,12-13H,4,7,9-11H2,(H,18,20)(H,19,21). The van der Waals surface area contributed by atoms with Crippen LogP contribution < -0.4 is 15.4 Å². The monoisotopic (exact) mass is 332 g/mol. The molecule has 0 aliphatic carbocycles. The molecule has 0 saturated heterocycles. The molecule has 0 radical (unpaired) electrons. The van der Waals surface area contributed by atoms with Crippen LogP contribution in [0.4, 0.5) is 0 Å². The van der Waals surface area contributed by atoms with Gasteiger partial charge in [0.15, 0.2) is 0 Å². The van der Waals surface area contributed by atoms with Gasteiger partial charge in [0.05, 0.1) is 6.61 Å². The van der Waals surface area contributed by atoms with Crippen molar-refractivity contribution in [3.63, 3.8) is 0 Å². The van der Waals surface area contributed by atoms with Gasteiger partial charge >= 0.3 is 0 Å².